The Balaban J connectivity index is 2.57. The molecule has 84 valence electrons. The lowest BCUT2D eigenvalue weighted by molar-refractivity contribution is 0.277. The van der Waals surface area contributed by atoms with Gasteiger partial charge in [-0.15, -0.1) is 5.10 Å². The SMILES string of the molecule is CC(C)n1nnc(CO)c1-c1cccnc1. The third kappa shape index (κ3) is 1.81. The van der Waals surface area contributed by atoms with Crippen molar-refractivity contribution < 1.29 is 5.11 Å². The van der Waals surface area contributed by atoms with Gasteiger partial charge in [0.05, 0.1) is 12.3 Å². The predicted molar refractivity (Wildman–Crippen MR) is 59.6 cm³/mol. The van der Waals surface area contributed by atoms with E-state index in [4.69, 9.17) is 0 Å². The summed E-state index contributed by atoms with van der Waals surface area (Å²) >= 11 is 0. The van der Waals surface area contributed by atoms with Crippen LogP contribution in [0.4, 0.5) is 0 Å². The van der Waals surface area contributed by atoms with Crippen LogP contribution < -0.4 is 0 Å². The van der Waals surface area contributed by atoms with Crippen LogP contribution in [0, 0.1) is 0 Å². The maximum atomic E-state index is 9.24. The molecule has 0 saturated heterocycles. The molecule has 2 aromatic rings. The van der Waals surface area contributed by atoms with Crippen LogP contribution in [0.3, 0.4) is 0 Å². The number of pyridine rings is 1. The van der Waals surface area contributed by atoms with Crippen LogP contribution in [0.5, 0.6) is 0 Å². The number of aliphatic hydroxyl groups excluding tert-OH is 1. The van der Waals surface area contributed by atoms with Gasteiger partial charge in [-0.05, 0) is 26.0 Å². The molecule has 2 rings (SSSR count). The fourth-order valence-electron chi connectivity index (χ4n) is 1.60. The highest BCUT2D eigenvalue weighted by Gasteiger charge is 2.15. The van der Waals surface area contributed by atoms with Crippen LogP contribution in [0.1, 0.15) is 25.6 Å². The Morgan fingerprint density at radius 3 is 2.81 bits per heavy atom. The summed E-state index contributed by atoms with van der Waals surface area (Å²) in [5.41, 5.74) is 2.34. The number of hydrogen-bond donors (Lipinski definition) is 1. The highest BCUT2D eigenvalue weighted by molar-refractivity contribution is 5.60. The first-order valence-electron chi connectivity index (χ1n) is 5.19. The van der Waals surface area contributed by atoms with Crippen molar-refractivity contribution in [1.82, 2.24) is 20.0 Å². The van der Waals surface area contributed by atoms with E-state index in [1.807, 2.05) is 26.0 Å². The summed E-state index contributed by atoms with van der Waals surface area (Å²) in [4.78, 5) is 4.07. The van der Waals surface area contributed by atoms with Gasteiger partial charge in [0.1, 0.15) is 5.69 Å². The van der Waals surface area contributed by atoms with Gasteiger partial charge in [-0.25, -0.2) is 4.68 Å². The Hall–Kier alpha value is -1.75. The molecular weight excluding hydrogens is 204 g/mol. The van der Waals surface area contributed by atoms with Gasteiger partial charge >= 0.3 is 0 Å². The Morgan fingerprint density at radius 1 is 1.44 bits per heavy atom. The average molecular weight is 218 g/mol. The molecule has 0 spiro atoms. The molecule has 16 heavy (non-hydrogen) atoms. The van der Waals surface area contributed by atoms with Crippen LogP contribution in [0.2, 0.25) is 0 Å². The summed E-state index contributed by atoms with van der Waals surface area (Å²) in [6.45, 7) is 3.93. The second-order valence-corrected chi connectivity index (χ2v) is 3.82. The Bertz CT molecular complexity index is 464. The minimum absolute atomic E-state index is 0.114. The lowest BCUT2D eigenvalue weighted by atomic mass is 10.1. The minimum Gasteiger partial charge on any atom is -0.390 e. The molecule has 0 radical (unpaired) electrons. The zero-order valence-electron chi connectivity index (χ0n) is 9.33. The van der Waals surface area contributed by atoms with E-state index in [1.165, 1.54) is 0 Å². The van der Waals surface area contributed by atoms with E-state index < -0.39 is 0 Å². The quantitative estimate of drug-likeness (QED) is 0.846. The molecule has 0 aliphatic rings. The fourth-order valence-corrected chi connectivity index (χ4v) is 1.60. The summed E-state index contributed by atoms with van der Waals surface area (Å²) in [5.74, 6) is 0. The standard InChI is InChI=1S/C11H14N4O/c1-8(2)15-11(10(7-16)13-14-15)9-4-3-5-12-6-9/h3-6,8,16H,7H2,1-2H3. The lowest BCUT2D eigenvalue weighted by Crippen LogP contribution is -2.05. The van der Waals surface area contributed by atoms with E-state index in [1.54, 1.807) is 17.1 Å². The van der Waals surface area contributed by atoms with Crippen LogP contribution in [-0.2, 0) is 6.61 Å². The van der Waals surface area contributed by atoms with Crippen molar-refractivity contribution in [3.63, 3.8) is 0 Å². The maximum Gasteiger partial charge on any atom is 0.116 e. The Labute approximate surface area is 93.8 Å². The molecule has 2 aromatic heterocycles. The molecule has 5 heteroatoms. The molecule has 2 heterocycles. The second kappa shape index (κ2) is 4.40. The molecule has 5 nitrogen and oxygen atoms in total. The zero-order valence-corrected chi connectivity index (χ0v) is 9.33. The smallest absolute Gasteiger partial charge is 0.116 e. The van der Waals surface area contributed by atoms with Crippen molar-refractivity contribution in [2.24, 2.45) is 0 Å². The van der Waals surface area contributed by atoms with E-state index in [-0.39, 0.29) is 12.6 Å². The summed E-state index contributed by atoms with van der Waals surface area (Å²) < 4.78 is 1.79. The second-order valence-electron chi connectivity index (χ2n) is 3.82. The molecular formula is C11H14N4O. The summed E-state index contributed by atoms with van der Waals surface area (Å²) in [5, 5.41) is 17.2. The van der Waals surface area contributed by atoms with Gasteiger partial charge in [0.15, 0.2) is 0 Å². The van der Waals surface area contributed by atoms with Gasteiger partial charge in [0.2, 0.25) is 0 Å². The summed E-state index contributed by atoms with van der Waals surface area (Å²) in [7, 11) is 0. The third-order valence-corrected chi connectivity index (χ3v) is 2.34. The first-order valence-corrected chi connectivity index (χ1v) is 5.19. The molecule has 0 fully saturated rings. The maximum absolute atomic E-state index is 9.24. The first kappa shape index (κ1) is 10.8. The number of hydrogen-bond acceptors (Lipinski definition) is 4. The van der Waals surface area contributed by atoms with Crippen molar-refractivity contribution in [3.05, 3.63) is 30.2 Å². The summed E-state index contributed by atoms with van der Waals surface area (Å²) in [6, 6.07) is 3.99. The van der Waals surface area contributed by atoms with E-state index in [9.17, 15) is 5.11 Å². The monoisotopic (exact) mass is 218 g/mol. The molecule has 0 amide bonds. The fraction of sp³-hybridized carbons (Fsp3) is 0.364. The lowest BCUT2D eigenvalue weighted by Gasteiger charge is -2.10. The molecule has 0 aliphatic carbocycles. The van der Waals surface area contributed by atoms with Gasteiger partial charge in [-0.3, -0.25) is 4.98 Å². The molecule has 1 N–H and O–H groups in total. The predicted octanol–water partition coefficient (Wildman–Crippen LogP) is 1.41. The summed E-state index contributed by atoms with van der Waals surface area (Å²) in [6.07, 6.45) is 3.46. The van der Waals surface area contributed by atoms with Crippen molar-refractivity contribution in [3.8, 4) is 11.3 Å². The van der Waals surface area contributed by atoms with Crippen molar-refractivity contribution >= 4 is 0 Å². The highest BCUT2D eigenvalue weighted by Crippen LogP contribution is 2.23. The van der Waals surface area contributed by atoms with Crippen LogP contribution >= 0.6 is 0 Å². The van der Waals surface area contributed by atoms with Gasteiger partial charge in [0, 0.05) is 24.0 Å². The van der Waals surface area contributed by atoms with Gasteiger partial charge in [0.25, 0.3) is 0 Å². The molecule has 0 unspecified atom stereocenters. The van der Waals surface area contributed by atoms with E-state index in [0.29, 0.717) is 5.69 Å². The molecule has 0 saturated carbocycles. The van der Waals surface area contributed by atoms with E-state index >= 15 is 0 Å². The highest BCUT2D eigenvalue weighted by atomic mass is 16.3. The van der Waals surface area contributed by atoms with Crippen molar-refractivity contribution in [2.75, 3.05) is 0 Å². The van der Waals surface area contributed by atoms with Crippen molar-refractivity contribution in [1.29, 1.82) is 0 Å². The van der Waals surface area contributed by atoms with Crippen LogP contribution in [-0.4, -0.2) is 25.1 Å². The van der Waals surface area contributed by atoms with Crippen LogP contribution in [0.25, 0.3) is 11.3 Å². The van der Waals surface area contributed by atoms with E-state index in [0.717, 1.165) is 11.3 Å². The number of nitrogens with zero attached hydrogens (tertiary/aromatic N) is 4. The average Bonchev–Trinajstić information content (AvgIpc) is 2.73. The topological polar surface area (TPSA) is 63.8 Å². The third-order valence-electron chi connectivity index (χ3n) is 2.34. The Kier molecular flexibility index (Phi) is 2.96. The zero-order chi connectivity index (χ0) is 11.5. The Morgan fingerprint density at radius 2 is 2.25 bits per heavy atom. The number of rotatable bonds is 3. The number of aromatic nitrogens is 4. The minimum atomic E-state index is -0.114. The molecule has 0 atom stereocenters. The van der Waals surface area contributed by atoms with Gasteiger partial charge < -0.3 is 5.11 Å². The van der Waals surface area contributed by atoms with Crippen LogP contribution in [0.15, 0.2) is 24.5 Å². The van der Waals surface area contributed by atoms with E-state index in [2.05, 4.69) is 15.3 Å². The largest absolute Gasteiger partial charge is 0.390 e. The van der Waals surface area contributed by atoms with Gasteiger partial charge in [-0.1, -0.05) is 5.21 Å². The van der Waals surface area contributed by atoms with Crippen molar-refractivity contribution in [2.45, 2.75) is 26.5 Å². The normalized spacial score (nSPS) is 11.0. The molecule has 0 bridgehead atoms. The molecule has 0 aliphatic heterocycles. The van der Waals surface area contributed by atoms with Gasteiger partial charge in [-0.2, -0.15) is 0 Å². The number of aliphatic hydroxyl groups is 1. The molecule has 0 aromatic carbocycles. The first-order chi connectivity index (χ1) is 7.74.